The first-order valence-electron chi connectivity index (χ1n) is 6.33. The molecule has 1 saturated heterocycles. The van der Waals surface area contributed by atoms with Crippen molar-refractivity contribution >= 4 is 17.4 Å². The fourth-order valence-electron chi connectivity index (χ4n) is 2.36. The van der Waals surface area contributed by atoms with E-state index in [2.05, 4.69) is 29.8 Å². The van der Waals surface area contributed by atoms with Gasteiger partial charge in [-0.05, 0) is 36.8 Å². The molecule has 4 heteroatoms. The van der Waals surface area contributed by atoms with Crippen LogP contribution in [0.3, 0.4) is 0 Å². The third-order valence-electron chi connectivity index (χ3n) is 3.57. The summed E-state index contributed by atoms with van der Waals surface area (Å²) in [7, 11) is 0. The highest BCUT2D eigenvalue weighted by Crippen LogP contribution is 2.31. The van der Waals surface area contributed by atoms with Crippen LogP contribution < -0.4 is 4.90 Å². The molecule has 0 atom stereocenters. The third-order valence-corrected chi connectivity index (χ3v) is 3.77. The van der Waals surface area contributed by atoms with Crippen LogP contribution >= 0.6 is 11.6 Å². The molecule has 1 aliphatic heterocycles. The molecule has 0 unspecified atom stereocenters. The molecule has 1 aromatic rings. The minimum Gasteiger partial charge on any atom is -0.357 e. The van der Waals surface area contributed by atoms with Gasteiger partial charge in [0.2, 0.25) is 0 Å². The van der Waals surface area contributed by atoms with Crippen LogP contribution in [0.1, 0.15) is 38.7 Å². The number of hydrogen-bond donors (Lipinski definition) is 0. The smallest absolute Gasteiger partial charge is 0.132 e. The van der Waals surface area contributed by atoms with Crippen molar-refractivity contribution in [3.05, 3.63) is 22.8 Å². The van der Waals surface area contributed by atoms with Crippen LogP contribution in [0, 0.1) is 16.7 Å². The van der Waals surface area contributed by atoms with E-state index >= 15 is 0 Å². The second kappa shape index (κ2) is 5.16. The van der Waals surface area contributed by atoms with Gasteiger partial charge in [0.15, 0.2) is 0 Å². The van der Waals surface area contributed by atoms with Crippen molar-refractivity contribution in [1.29, 1.82) is 5.26 Å². The Labute approximate surface area is 113 Å². The van der Waals surface area contributed by atoms with Crippen molar-refractivity contribution < 1.29 is 0 Å². The molecule has 0 saturated carbocycles. The van der Waals surface area contributed by atoms with Gasteiger partial charge in [-0.25, -0.2) is 4.98 Å². The lowest BCUT2D eigenvalue weighted by Crippen LogP contribution is -2.26. The number of anilines is 1. The summed E-state index contributed by atoms with van der Waals surface area (Å²) in [6.45, 7) is 6.58. The minimum atomic E-state index is 0.394. The topological polar surface area (TPSA) is 39.9 Å². The van der Waals surface area contributed by atoms with Crippen LogP contribution in [0.4, 0.5) is 5.82 Å². The van der Waals surface area contributed by atoms with Crippen LogP contribution in [-0.4, -0.2) is 18.1 Å². The van der Waals surface area contributed by atoms with Crippen molar-refractivity contribution in [3.63, 3.8) is 0 Å². The van der Waals surface area contributed by atoms with Gasteiger partial charge in [-0.15, -0.1) is 0 Å². The van der Waals surface area contributed by atoms with Crippen molar-refractivity contribution in [1.82, 2.24) is 4.98 Å². The molecule has 2 heterocycles. The number of aromatic nitrogens is 1. The Balaban J connectivity index is 2.21. The Bertz CT molecular complexity index is 476. The molecular weight excluding hydrogens is 246 g/mol. The zero-order chi connectivity index (χ0) is 13.2. The van der Waals surface area contributed by atoms with Gasteiger partial charge in [0.1, 0.15) is 11.0 Å². The van der Waals surface area contributed by atoms with Crippen LogP contribution in [0.25, 0.3) is 0 Å². The van der Waals surface area contributed by atoms with E-state index in [4.69, 9.17) is 16.9 Å². The zero-order valence-electron chi connectivity index (χ0n) is 10.9. The maximum Gasteiger partial charge on any atom is 0.132 e. The number of nitriles is 1. The number of pyridine rings is 1. The van der Waals surface area contributed by atoms with Gasteiger partial charge in [0.25, 0.3) is 0 Å². The van der Waals surface area contributed by atoms with E-state index < -0.39 is 0 Å². The maximum atomic E-state index is 8.97. The average Bonchev–Trinajstić information content (AvgIpc) is 2.49. The second-order valence-electron chi connectivity index (χ2n) is 5.65. The third kappa shape index (κ3) is 3.14. The number of hydrogen-bond acceptors (Lipinski definition) is 3. The molecule has 0 amide bonds. The molecule has 0 spiro atoms. The van der Waals surface area contributed by atoms with E-state index in [1.54, 1.807) is 6.07 Å². The fraction of sp³-hybridized carbons (Fsp3) is 0.571. The number of rotatable bonds is 1. The standard InChI is InChI=1S/C14H18ClN3/c1-14(2)4-3-6-18(7-5-14)13-9-11(10-16)8-12(15)17-13/h8-9H,3-7H2,1-2H3. The van der Waals surface area contributed by atoms with Crippen LogP contribution in [0.15, 0.2) is 12.1 Å². The normalized spacial score (nSPS) is 19.1. The molecule has 3 nitrogen and oxygen atoms in total. The van der Waals surface area contributed by atoms with Gasteiger partial charge in [0.05, 0.1) is 11.6 Å². The van der Waals surface area contributed by atoms with Crippen molar-refractivity contribution in [3.8, 4) is 6.07 Å². The highest BCUT2D eigenvalue weighted by Gasteiger charge is 2.23. The van der Waals surface area contributed by atoms with Crippen molar-refractivity contribution in [2.45, 2.75) is 33.1 Å². The molecule has 0 aromatic carbocycles. The predicted octanol–water partition coefficient (Wildman–Crippen LogP) is 3.62. The Morgan fingerprint density at radius 1 is 1.33 bits per heavy atom. The van der Waals surface area contributed by atoms with E-state index in [-0.39, 0.29) is 0 Å². The lowest BCUT2D eigenvalue weighted by Gasteiger charge is -2.24. The summed E-state index contributed by atoms with van der Waals surface area (Å²) in [6, 6.07) is 5.56. The van der Waals surface area contributed by atoms with Gasteiger partial charge in [-0.3, -0.25) is 0 Å². The first kappa shape index (κ1) is 13.2. The molecule has 0 N–H and O–H groups in total. The summed E-state index contributed by atoms with van der Waals surface area (Å²) < 4.78 is 0. The summed E-state index contributed by atoms with van der Waals surface area (Å²) in [5.41, 5.74) is 0.972. The quantitative estimate of drug-likeness (QED) is 0.727. The Morgan fingerprint density at radius 2 is 2.11 bits per heavy atom. The van der Waals surface area contributed by atoms with Crippen molar-refractivity contribution in [2.75, 3.05) is 18.0 Å². The lowest BCUT2D eigenvalue weighted by molar-refractivity contribution is 0.325. The summed E-state index contributed by atoms with van der Waals surface area (Å²) in [5, 5.41) is 9.36. The maximum absolute atomic E-state index is 8.97. The Hall–Kier alpha value is -1.27. The van der Waals surface area contributed by atoms with Gasteiger partial charge >= 0.3 is 0 Å². The average molecular weight is 264 g/mol. The highest BCUT2D eigenvalue weighted by molar-refractivity contribution is 6.29. The SMILES string of the molecule is CC1(C)CCCN(c2cc(C#N)cc(Cl)n2)CC1. The highest BCUT2D eigenvalue weighted by atomic mass is 35.5. The minimum absolute atomic E-state index is 0.394. The van der Waals surface area contributed by atoms with E-state index in [1.165, 1.54) is 6.42 Å². The van der Waals surface area contributed by atoms with Gasteiger partial charge in [-0.1, -0.05) is 25.4 Å². The first-order valence-corrected chi connectivity index (χ1v) is 6.71. The van der Waals surface area contributed by atoms with Gasteiger partial charge in [0, 0.05) is 13.1 Å². The van der Waals surface area contributed by atoms with E-state index in [1.807, 2.05) is 6.07 Å². The first-order chi connectivity index (χ1) is 8.50. The molecular formula is C14H18ClN3. The van der Waals surface area contributed by atoms with Gasteiger partial charge < -0.3 is 4.90 Å². The Kier molecular flexibility index (Phi) is 3.77. The number of nitrogens with zero attached hydrogens (tertiary/aromatic N) is 3. The molecule has 18 heavy (non-hydrogen) atoms. The summed E-state index contributed by atoms with van der Waals surface area (Å²) in [5.74, 6) is 0.830. The largest absolute Gasteiger partial charge is 0.357 e. The molecule has 0 aliphatic carbocycles. The van der Waals surface area contributed by atoms with Gasteiger partial charge in [-0.2, -0.15) is 5.26 Å². The van der Waals surface area contributed by atoms with Crippen LogP contribution in [0.2, 0.25) is 5.15 Å². The molecule has 1 fully saturated rings. The van der Waals surface area contributed by atoms with Crippen LogP contribution in [-0.2, 0) is 0 Å². The van der Waals surface area contributed by atoms with E-state index in [0.717, 1.165) is 31.7 Å². The van der Waals surface area contributed by atoms with E-state index in [0.29, 0.717) is 16.1 Å². The molecule has 96 valence electrons. The second-order valence-corrected chi connectivity index (χ2v) is 6.04. The molecule has 2 rings (SSSR count). The van der Waals surface area contributed by atoms with E-state index in [9.17, 15) is 0 Å². The number of halogens is 1. The Morgan fingerprint density at radius 3 is 2.83 bits per heavy atom. The molecule has 1 aromatic heterocycles. The molecule has 1 aliphatic rings. The van der Waals surface area contributed by atoms with Crippen LogP contribution in [0.5, 0.6) is 0 Å². The monoisotopic (exact) mass is 263 g/mol. The van der Waals surface area contributed by atoms with Crippen molar-refractivity contribution in [2.24, 2.45) is 5.41 Å². The summed E-state index contributed by atoms with van der Waals surface area (Å²) in [4.78, 5) is 6.57. The zero-order valence-corrected chi connectivity index (χ0v) is 11.7. The molecule has 0 bridgehead atoms. The summed E-state index contributed by atoms with van der Waals surface area (Å²) in [6.07, 6.45) is 3.53. The predicted molar refractivity (Wildman–Crippen MR) is 73.8 cm³/mol. The summed E-state index contributed by atoms with van der Waals surface area (Å²) >= 11 is 5.96. The molecule has 0 radical (unpaired) electrons. The fourth-order valence-corrected chi connectivity index (χ4v) is 2.57. The lowest BCUT2D eigenvalue weighted by atomic mass is 9.85.